The lowest BCUT2D eigenvalue weighted by molar-refractivity contribution is 0.411. The van der Waals surface area contributed by atoms with E-state index in [1.165, 1.54) is 4.70 Å². The number of para-hydroxylation sites is 1. The molecule has 0 spiro atoms. The van der Waals surface area contributed by atoms with E-state index >= 15 is 0 Å². The number of fused-ring (bicyclic) bond motifs is 1. The molecule has 26 heavy (non-hydrogen) atoms. The van der Waals surface area contributed by atoms with Crippen LogP contribution in [0.5, 0.6) is 5.75 Å². The number of methoxy groups -OCH3 is 1. The summed E-state index contributed by atoms with van der Waals surface area (Å²) in [6.07, 6.45) is 4.86. The van der Waals surface area contributed by atoms with E-state index in [1.807, 2.05) is 30.3 Å². The SMILES string of the molecule is COc1ccc(/C=N/n2cnnc2)cc1CSc1nc2ccccc2s1. The quantitative estimate of drug-likeness (QED) is 0.372. The van der Waals surface area contributed by atoms with Crippen molar-refractivity contribution < 1.29 is 4.74 Å². The summed E-state index contributed by atoms with van der Waals surface area (Å²) < 4.78 is 9.31. The number of aromatic nitrogens is 4. The van der Waals surface area contributed by atoms with Crippen LogP contribution in [0.25, 0.3) is 10.2 Å². The second-order valence-corrected chi connectivity index (χ2v) is 7.65. The Morgan fingerprint density at radius 2 is 2.04 bits per heavy atom. The lowest BCUT2D eigenvalue weighted by Crippen LogP contribution is -1.94. The molecule has 8 heteroatoms. The molecule has 0 fully saturated rings. The number of thiazole rings is 1. The van der Waals surface area contributed by atoms with Gasteiger partial charge in [-0.1, -0.05) is 23.9 Å². The Labute approximate surface area is 158 Å². The van der Waals surface area contributed by atoms with Crippen molar-refractivity contribution in [2.45, 2.75) is 10.1 Å². The minimum Gasteiger partial charge on any atom is -0.496 e. The summed E-state index contributed by atoms with van der Waals surface area (Å²) in [6.45, 7) is 0. The van der Waals surface area contributed by atoms with Crippen LogP contribution in [0.1, 0.15) is 11.1 Å². The summed E-state index contributed by atoms with van der Waals surface area (Å²) in [6, 6.07) is 14.2. The fraction of sp³-hybridized carbons (Fsp3) is 0.111. The van der Waals surface area contributed by atoms with Crippen molar-refractivity contribution in [1.82, 2.24) is 19.9 Å². The minimum atomic E-state index is 0.775. The molecule has 0 amide bonds. The van der Waals surface area contributed by atoms with E-state index in [1.54, 1.807) is 53.8 Å². The van der Waals surface area contributed by atoms with E-state index in [0.29, 0.717) is 0 Å². The third-order valence-electron chi connectivity index (χ3n) is 3.68. The zero-order chi connectivity index (χ0) is 17.8. The van der Waals surface area contributed by atoms with Crippen molar-refractivity contribution in [1.29, 1.82) is 0 Å². The van der Waals surface area contributed by atoms with Gasteiger partial charge in [0.25, 0.3) is 0 Å². The summed E-state index contributed by atoms with van der Waals surface area (Å²) in [5.41, 5.74) is 3.13. The predicted molar refractivity (Wildman–Crippen MR) is 105 cm³/mol. The highest BCUT2D eigenvalue weighted by molar-refractivity contribution is 8.00. The van der Waals surface area contributed by atoms with Gasteiger partial charge in [-0.05, 0) is 35.9 Å². The van der Waals surface area contributed by atoms with E-state index in [2.05, 4.69) is 32.4 Å². The Morgan fingerprint density at radius 1 is 1.19 bits per heavy atom. The highest BCUT2D eigenvalue weighted by atomic mass is 32.2. The first-order valence-corrected chi connectivity index (χ1v) is 9.66. The van der Waals surface area contributed by atoms with E-state index < -0.39 is 0 Å². The second-order valence-electron chi connectivity index (χ2n) is 5.39. The van der Waals surface area contributed by atoms with E-state index in [-0.39, 0.29) is 0 Å². The molecule has 0 aliphatic heterocycles. The summed E-state index contributed by atoms with van der Waals surface area (Å²) in [4.78, 5) is 4.67. The first kappa shape index (κ1) is 16.7. The first-order chi connectivity index (χ1) is 12.8. The molecule has 2 heterocycles. The molecule has 130 valence electrons. The summed E-state index contributed by atoms with van der Waals surface area (Å²) >= 11 is 3.42. The maximum atomic E-state index is 5.50. The Morgan fingerprint density at radius 3 is 2.85 bits per heavy atom. The fourth-order valence-electron chi connectivity index (χ4n) is 2.43. The van der Waals surface area contributed by atoms with Gasteiger partial charge in [0, 0.05) is 11.3 Å². The number of nitrogens with zero attached hydrogens (tertiary/aromatic N) is 5. The summed E-state index contributed by atoms with van der Waals surface area (Å²) in [5, 5.41) is 11.7. The fourth-order valence-corrected chi connectivity index (χ4v) is 4.48. The van der Waals surface area contributed by atoms with Crippen molar-refractivity contribution in [2.75, 3.05) is 7.11 Å². The van der Waals surface area contributed by atoms with Crippen LogP contribution < -0.4 is 4.74 Å². The van der Waals surface area contributed by atoms with Crippen LogP contribution in [0.15, 0.2) is 64.6 Å². The zero-order valence-electron chi connectivity index (χ0n) is 13.9. The predicted octanol–water partition coefficient (Wildman–Crippen LogP) is 4.07. The number of benzene rings is 2. The van der Waals surface area contributed by atoms with Gasteiger partial charge in [0.15, 0.2) is 4.34 Å². The van der Waals surface area contributed by atoms with Crippen LogP contribution in [0.2, 0.25) is 0 Å². The van der Waals surface area contributed by atoms with Crippen molar-refractivity contribution >= 4 is 39.5 Å². The van der Waals surface area contributed by atoms with Crippen LogP contribution in [0.3, 0.4) is 0 Å². The van der Waals surface area contributed by atoms with Gasteiger partial charge in [-0.3, -0.25) is 0 Å². The third-order valence-corrected chi connectivity index (χ3v) is 5.90. The molecule has 0 bridgehead atoms. The highest BCUT2D eigenvalue weighted by Crippen LogP contribution is 2.33. The minimum absolute atomic E-state index is 0.775. The molecule has 0 aliphatic carbocycles. The molecular weight excluding hydrogens is 366 g/mol. The monoisotopic (exact) mass is 381 g/mol. The first-order valence-electron chi connectivity index (χ1n) is 7.86. The molecule has 0 aliphatic rings. The lowest BCUT2D eigenvalue weighted by Gasteiger charge is -2.08. The number of ether oxygens (including phenoxy) is 1. The molecule has 0 unspecified atom stereocenters. The molecule has 2 aromatic heterocycles. The van der Waals surface area contributed by atoms with E-state index in [4.69, 9.17) is 4.74 Å². The van der Waals surface area contributed by atoms with Crippen LogP contribution in [0, 0.1) is 0 Å². The van der Waals surface area contributed by atoms with Gasteiger partial charge in [-0.2, -0.15) is 5.10 Å². The van der Waals surface area contributed by atoms with Crippen LogP contribution in [-0.4, -0.2) is 33.2 Å². The van der Waals surface area contributed by atoms with Crippen molar-refractivity contribution in [2.24, 2.45) is 5.10 Å². The zero-order valence-corrected chi connectivity index (χ0v) is 15.6. The third kappa shape index (κ3) is 3.76. The number of hydrogen-bond donors (Lipinski definition) is 0. The Kier molecular flexibility index (Phi) is 4.94. The van der Waals surface area contributed by atoms with E-state index in [0.717, 1.165) is 32.5 Å². The second kappa shape index (κ2) is 7.67. The molecule has 0 N–H and O–H groups in total. The van der Waals surface area contributed by atoms with Gasteiger partial charge < -0.3 is 4.74 Å². The van der Waals surface area contributed by atoms with Gasteiger partial charge >= 0.3 is 0 Å². The molecule has 4 rings (SSSR count). The molecule has 0 saturated heterocycles. The maximum Gasteiger partial charge on any atom is 0.151 e. The maximum absolute atomic E-state index is 5.50. The van der Waals surface area contributed by atoms with Crippen molar-refractivity contribution in [3.05, 3.63) is 66.2 Å². The van der Waals surface area contributed by atoms with Crippen LogP contribution in [0.4, 0.5) is 0 Å². The van der Waals surface area contributed by atoms with Gasteiger partial charge in [-0.25, -0.2) is 9.66 Å². The Hall–Kier alpha value is -2.71. The summed E-state index contributed by atoms with van der Waals surface area (Å²) in [7, 11) is 1.69. The normalized spacial score (nSPS) is 11.4. The molecule has 6 nitrogen and oxygen atoms in total. The van der Waals surface area contributed by atoms with Gasteiger partial charge in [0.1, 0.15) is 18.4 Å². The Bertz CT molecular complexity index is 1010. The number of hydrogen-bond acceptors (Lipinski definition) is 7. The molecule has 4 aromatic rings. The standard InChI is InChI=1S/C18H15N5OS2/c1-24-16-7-6-13(9-21-23-11-19-20-12-23)8-14(16)10-25-18-22-15-4-2-3-5-17(15)26-18/h2-9,11-12H,10H2,1H3/b21-9+. The molecule has 2 aromatic carbocycles. The largest absolute Gasteiger partial charge is 0.496 e. The topological polar surface area (TPSA) is 65.2 Å². The highest BCUT2D eigenvalue weighted by Gasteiger charge is 2.08. The molecule has 0 radical (unpaired) electrons. The average molecular weight is 381 g/mol. The smallest absolute Gasteiger partial charge is 0.151 e. The molecular formula is C18H15N5OS2. The number of rotatable bonds is 6. The summed E-state index contributed by atoms with van der Waals surface area (Å²) in [5.74, 6) is 1.64. The van der Waals surface area contributed by atoms with Crippen LogP contribution >= 0.6 is 23.1 Å². The molecule has 0 saturated carbocycles. The average Bonchev–Trinajstić information content (AvgIpc) is 3.33. The van der Waals surface area contributed by atoms with Gasteiger partial charge in [0.05, 0.1) is 23.5 Å². The van der Waals surface area contributed by atoms with Gasteiger partial charge in [0.2, 0.25) is 0 Å². The molecule has 0 atom stereocenters. The van der Waals surface area contributed by atoms with Crippen molar-refractivity contribution in [3.63, 3.8) is 0 Å². The lowest BCUT2D eigenvalue weighted by atomic mass is 10.1. The van der Waals surface area contributed by atoms with Gasteiger partial charge in [-0.15, -0.1) is 21.5 Å². The van der Waals surface area contributed by atoms with E-state index in [9.17, 15) is 0 Å². The van der Waals surface area contributed by atoms with Crippen molar-refractivity contribution in [3.8, 4) is 5.75 Å². The Balaban J connectivity index is 1.53. The van der Waals surface area contributed by atoms with Crippen LogP contribution in [-0.2, 0) is 5.75 Å². The number of thioether (sulfide) groups is 1.